The van der Waals surface area contributed by atoms with Crippen molar-refractivity contribution < 1.29 is 9.90 Å². The molecule has 1 fully saturated rings. The fraction of sp³-hybridized carbons (Fsp3) is 0.500. The number of nitrogens with one attached hydrogen (secondary N) is 3. The summed E-state index contributed by atoms with van der Waals surface area (Å²) in [6.45, 7) is 4.11. The Morgan fingerprint density at radius 1 is 1.26 bits per heavy atom. The number of carbonyl (C=O) groups is 1. The third kappa shape index (κ3) is 6.91. The highest BCUT2D eigenvalue weighted by atomic mass is 16.4. The molecule has 19 heavy (non-hydrogen) atoms. The van der Waals surface area contributed by atoms with Crippen molar-refractivity contribution in [3.63, 3.8) is 0 Å². The van der Waals surface area contributed by atoms with E-state index in [0.717, 1.165) is 13.3 Å². The first-order chi connectivity index (χ1) is 9.24. The Morgan fingerprint density at radius 3 is 2.37 bits per heavy atom. The number of aromatic carboxylic acids is 1. The van der Waals surface area contributed by atoms with Gasteiger partial charge >= 0.3 is 5.97 Å². The molecule has 0 amide bonds. The molecule has 0 saturated carbocycles. The summed E-state index contributed by atoms with van der Waals surface area (Å²) in [5.74, 6) is -0.879. The van der Waals surface area contributed by atoms with Crippen molar-refractivity contribution in [3.8, 4) is 0 Å². The Kier molecular flexibility index (Phi) is 7.81. The van der Waals surface area contributed by atoms with Crippen LogP contribution in [-0.2, 0) is 0 Å². The number of carboxylic acids is 1. The first-order valence-electron chi connectivity index (χ1n) is 6.70. The van der Waals surface area contributed by atoms with Crippen molar-refractivity contribution in [2.75, 3.05) is 13.3 Å². The summed E-state index contributed by atoms with van der Waals surface area (Å²) in [4.78, 5) is 10.2. The van der Waals surface area contributed by atoms with Gasteiger partial charge in [-0.1, -0.05) is 38.0 Å². The molecule has 0 radical (unpaired) electrons. The molecule has 2 rings (SSSR count). The molecule has 0 aromatic heterocycles. The van der Waals surface area contributed by atoms with Crippen LogP contribution in [0, 0.1) is 0 Å². The normalized spacial score (nSPS) is 15.4. The Morgan fingerprint density at radius 2 is 1.89 bits per heavy atom. The van der Waals surface area contributed by atoms with Crippen molar-refractivity contribution in [3.05, 3.63) is 35.9 Å². The Labute approximate surface area is 114 Å². The lowest BCUT2D eigenvalue weighted by Crippen LogP contribution is -2.55. The van der Waals surface area contributed by atoms with Crippen LogP contribution in [0.2, 0.25) is 0 Å². The van der Waals surface area contributed by atoms with E-state index in [1.807, 2.05) is 0 Å². The van der Waals surface area contributed by atoms with Crippen molar-refractivity contribution >= 4 is 5.97 Å². The zero-order valence-electron chi connectivity index (χ0n) is 11.4. The van der Waals surface area contributed by atoms with Gasteiger partial charge in [0.1, 0.15) is 0 Å². The maximum absolute atomic E-state index is 10.2. The SMILES string of the molecule is CCCCC1NCNCN1.O=C(O)c1ccccc1. The van der Waals surface area contributed by atoms with Crippen LogP contribution in [0.25, 0.3) is 0 Å². The number of rotatable bonds is 4. The minimum absolute atomic E-state index is 0.331. The van der Waals surface area contributed by atoms with Gasteiger partial charge in [-0.3, -0.25) is 16.0 Å². The number of hydrogen-bond donors (Lipinski definition) is 4. The van der Waals surface area contributed by atoms with E-state index in [0.29, 0.717) is 11.7 Å². The van der Waals surface area contributed by atoms with Crippen LogP contribution in [0.3, 0.4) is 0 Å². The van der Waals surface area contributed by atoms with E-state index in [1.54, 1.807) is 30.3 Å². The van der Waals surface area contributed by atoms with E-state index in [9.17, 15) is 4.79 Å². The molecule has 1 aromatic rings. The summed E-state index contributed by atoms with van der Waals surface area (Å²) in [6, 6.07) is 8.30. The monoisotopic (exact) mass is 265 g/mol. The molecular formula is C14H23N3O2. The quantitative estimate of drug-likeness (QED) is 0.665. The van der Waals surface area contributed by atoms with E-state index in [-0.39, 0.29) is 0 Å². The third-order valence-corrected chi connectivity index (χ3v) is 2.81. The second kappa shape index (κ2) is 9.49. The Balaban J connectivity index is 0.000000191. The first-order valence-corrected chi connectivity index (χ1v) is 6.70. The maximum atomic E-state index is 10.2. The summed E-state index contributed by atoms with van der Waals surface area (Å²) >= 11 is 0. The van der Waals surface area contributed by atoms with Gasteiger partial charge < -0.3 is 5.11 Å². The van der Waals surface area contributed by atoms with E-state index in [2.05, 4.69) is 22.9 Å². The molecule has 0 spiro atoms. The summed E-state index contributed by atoms with van der Waals surface area (Å²) in [5.41, 5.74) is 0.331. The largest absolute Gasteiger partial charge is 0.478 e. The number of carboxylic acid groups (broad SMARTS) is 1. The molecule has 106 valence electrons. The van der Waals surface area contributed by atoms with Crippen molar-refractivity contribution in [1.82, 2.24) is 16.0 Å². The molecule has 5 nitrogen and oxygen atoms in total. The average Bonchev–Trinajstić information content (AvgIpc) is 2.48. The summed E-state index contributed by atoms with van der Waals surface area (Å²) in [7, 11) is 0. The average molecular weight is 265 g/mol. The van der Waals surface area contributed by atoms with E-state index < -0.39 is 5.97 Å². The van der Waals surface area contributed by atoms with Crippen molar-refractivity contribution in [2.45, 2.75) is 32.4 Å². The second-order valence-electron chi connectivity index (χ2n) is 4.38. The zero-order valence-corrected chi connectivity index (χ0v) is 11.4. The zero-order chi connectivity index (χ0) is 13.9. The molecule has 0 unspecified atom stereocenters. The van der Waals surface area contributed by atoms with Crippen molar-refractivity contribution in [1.29, 1.82) is 0 Å². The third-order valence-electron chi connectivity index (χ3n) is 2.81. The number of benzene rings is 1. The van der Waals surface area contributed by atoms with E-state index in [1.165, 1.54) is 19.3 Å². The topological polar surface area (TPSA) is 73.4 Å². The van der Waals surface area contributed by atoms with E-state index >= 15 is 0 Å². The van der Waals surface area contributed by atoms with Crippen LogP contribution in [-0.4, -0.2) is 30.6 Å². The van der Waals surface area contributed by atoms with Crippen LogP contribution in [0.5, 0.6) is 0 Å². The van der Waals surface area contributed by atoms with E-state index in [4.69, 9.17) is 5.11 Å². The van der Waals surface area contributed by atoms with Gasteiger partial charge in [-0.05, 0) is 18.6 Å². The van der Waals surface area contributed by atoms with Crippen LogP contribution in [0.1, 0.15) is 36.5 Å². The second-order valence-corrected chi connectivity index (χ2v) is 4.38. The van der Waals surface area contributed by atoms with Crippen LogP contribution >= 0.6 is 0 Å². The lowest BCUT2D eigenvalue weighted by atomic mass is 10.2. The van der Waals surface area contributed by atoms with Crippen molar-refractivity contribution in [2.24, 2.45) is 0 Å². The molecule has 0 atom stereocenters. The smallest absolute Gasteiger partial charge is 0.335 e. The van der Waals surface area contributed by atoms with Crippen LogP contribution in [0.4, 0.5) is 0 Å². The van der Waals surface area contributed by atoms with Gasteiger partial charge in [0.05, 0.1) is 11.7 Å². The first kappa shape index (κ1) is 15.6. The molecule has 0 aliphatic carbocycles. The molecule has 0 bridgehead atoms. The predicted molar refractivity (Wildman–Crippen MR) is 75.9 cm³/mol. The lowest BCUT2D eigenvalue weighted by molar-refractivity contribution is 0.0697. The fourth-order valence-electron chi connectivity index (χ4n) is 1.72. The standard InChI is InChI=1S/C7H17N3.C7H6O2/c1-2-3-4-7-9-5-8-6-10-7;8-7(9)6-4-2-1-3-5-6/h7-10H,2-6H2,1H3;1-5H,(H,8,9). The summed E-state index contributed by atoms with van der Waals surface area (Å²) in [5, 5.41) is 18.2. The lowest BCUT2D eigenvalue weighted by Gasteiger charge is -2.25. The van der Waals surface area contributed by atoms with Crippen LogP contribution in [0.15, 0.2) is 30.3 Å². The van der Waals surface area contributed by atoms with Gasteiger partial charge in [-0.25, -0.2) is 4.79 Å². The van der Waals surface area contributed by atoms with Gasteiger partial charge in [0, 0.05) is 13.3 Å². The number of unbranched alkanes of at least 4 members (excludes halogenated alkanes) is 1. The Hall–Kier alpha value is -1.43. The molecule has 1 aliphatic heterocycles. The number of hydrogen-bond acceptors (Lipinski definition) is 4. The molecular weight excluding hydrogens is 242 g/mol. The highest BCUT2D eigenvalue weighted by Crippen LogP contribution is 1.98. The minimum atomic E-state index is -0.879. The van der Waals surface area contributed by atoms with Gasteiger partial charge in [0.15, 0.2) is 0 Å². The predicted octanol–water partition coefficient (Wildman–Crippen LogP) is 1.58. The van der Waals surface area contributed by atoms with Gasteiger partial charge in [0.2, 0.25) is 0 Å². The van der Waals surface area contributed by atoms with Gasteiger partial charge in [0.25, 0.3) is 0 Å². The molecule has 1 aliphatic rings. The fourth-order valence-corrected chi connectivity index (χ4v) is 1.72. The van der Waals surface area contributed by atoms with Gasteiger partial charge in [-0.15, -0.1) is 0 Å². The summed E-state index contributed by atoms with van der Waals surface area (Å²) < 4.78 is 0. The highest BCUT2D eigenvalue weighted by Gasteiger charge is 2.08. The van der Waals surface area contributed by atoms with Gasteiger partial charge in [-0.2, -0.15) is 0 Å². The molecule has 1 heterocycles. The molecule has 5 heteroatoms. The molecule has 1 aromatic carbocycles. The Bertz CT molecular complexity index is 351. The minimum Gasteiger partial charge on any atom is -0.478 e. The summed E-state index contributed by atoms with van der Waals surface area (Å²) in [6.07, 6.45) is 4.39. The highest BCUT2D eigenvalue weighted by molar-refractivity contribution is 5.87. The maximum Gasteiger partial charge on any atom is 0.335 e. The molecule has 1 saturated heterocycles. The van der Waals surface area contributed by atoms with Crippen LogP contribution < -0.4 is 16.0 Å². The molecule has 4 N–H and O–H groups in total.